The molecule has 0 radical (unpaired) electrons. The van der Waals surface area contributed by atoms with Gasteiger partial charge in [-0.15, -0.1) is 0 Å². The lowest BCUT2D eigenvalue weighted by atomic mass is 9.97. The SMILES string of the molecule is CSCC[C@H](NC(=O)CN)C(=O)N[C@@H](C)C(=O)N[C@H](Cc1c[nH]c2ccccc12)C(=O)N[C@H](Cc1cccc2ccccc12)C(=O)N[C@H](Cc1c[nH]c2ccccc12)C(=O)N[C@@H](Cc1ccccc1)C(=O)N[C@@H](CCCN=C(N)N)C(N)=O. The van der Waals surface area contributed by atoms with E-state index in [0.717, 1.165) is 32.6 Å². The number of benzene rings is 5. The van der Waals surface area contributed by atoms with Gasteiger partial charge in [0.1, 0.15) is 42.3 Å². The Morgan fingerprint density at radius 1 is 0.494 bits per heavy atom. The molecule has 8 amide bonds. The zero-order valence-electron chi connectivity index (χ0n) is 46.2. The molecular formula is C60H72N14O8S. The van der Waals surface area contributed by atoms with E-state index in [-0.39, 0.29) is 57.6 Å². The van der Waals surface area contributed by atoms with Crippen LogP contribution < -0.4 is 60.2 Å². The van der Waals surface area contributed by atoms with Crippen LogP contribution in [0.1, 0.15) is 48.4 Å². The Hall–Kier alpha value is -9.22. The van der Waals surface area contributed by atoms with Crippen molar-refractivity contribution in [2.24, 2.45) is 27.9 Å². The van der Waals surface area contributed by atoms with Crippen LogP contribution >= 0.6 is 11.8 Å². The van der Waals surface area contributed by atoms with Crippen molar-refractivity contribution in [3.8, 4) is 0 Å². The number of aliphatic imine (C=N–C) groups is 1. The van der Waals surface area contributed by atoms with Crippen LogP contribution in [0, 0.1) is 0 Å². The highest BCUT2D eigenvalue weighted by Crippen LogP contribution is 2.23. The molecule has 0 fully saturated rings. The quantitative estimate of drug-likeness (QED) is 0.0174. The van der Waals surface area contributed by atoms with Gasteiger partial charge in [0.25, 0.3) is 0 Å². The van der Waals surface area contributed by atoms with Crippen LogP contribution in [0.15, 0.2) is 139 Å². The number of carbonyl (C=O) groups is 8. The second-order valence-electron chi connectivity index (χ2n) is 20.2. The molecule has 7 aromatic rings. The van der Waals surface area contributed by atoms with Crippen LogP contribution in [0.25, 0.3) is 32.6 Å². The van der Waals surface area contributed by atoms with Crippen LogP contribution in [0.2, 0.25) is 0 Å². The lowest BCUT2D eigenvalue weighted by Gasteiger charge is -2.28. The summed E-state index contributed by atoms with van der Waals surface area (Å²) in [6.07, 6.45) is 5.65. The molecule has 0 saturated carbocycles. The first-order valence-corrected chi connectivity index (χ1v) is 28.7. The van der Waals surface area contributed by atoms with Crippen LogP contribution in [-0.4, -0.2) is 131 Å². The first-order chi connectivity index (χ1) is 40.0. The number of carbonyl (C=O) groups excluding carboxylic acids is 8. The highest BCUT2D eigenvalue weighted by Gasteiger charge is 2.35. The molecule has 7 rings (SSSR count). The van der Waals surface area contributed by atoms with E-state index >= 15 is 14.4 Å². The van der Waals surface area contributed by atoms with Gasteiger partial charge in [-0.25, -0.2) is 0 Å². The average Bonchev–Trinajstić information content (AvgIpc) is 4.34. The van der Waals surface area contributed by atoms with Gasteiger partial charge in [0.2, 0.25) is 47.3 Å². The largest absolute Gasteiger partial charge is 0.370 e. The number of amides is 8. The third kappa shape index (κ3) is 17.4. The molecule has 0 bridgehead atoms. The molecule has 22 nitrogen and oxygen atoms in total. The first-order valence-electron chi connectivity index (χ1n) is 27.3. The zero-order valence-corrected chi connectivity index (χ0v) is 47.1. The Labute approximate surface area is 484 Å². The molecule has 17 N–H and O–H groups in total. The number of para-hydroxylation sites is 2. The Bertz CT molecular complexity index is 3430. The third-order valence-electron chi connectivity index (χ3n) is 14.1. The standard InChI is InChI=1S/C60H72N14O8S/c1-35(68-55(78)47(25-27-83-2)69-52(75)32-61)54(77)71-50(30-39-33-66-44-22-10-8-20-42(39)44)58(81)73-49(29-38-18-12-17-37-16-6-7-19-41(37)38)57(80)74-51(31-40-34-67-45-23-11-9-21-43(40)45)59(82)72-48(28-36-14-4-3-5-15-36)56(79)70-46(53(62)76)24-13-26-65-60(63)64/h3-12,14-23,33-35,46-51,66-67H,13,24-32,61H2,1-2H3,(H2,62,76)(H,68,78)(H,69,75)(H,70,79)(H,71,77)(H,72,82)(H,73,81)(H,74,80)(H4,63,64,65)/t35-,46-,47-,48-,49+,50+,51+/m0/s1. The maximum Gasteiger partial charge on any atom is 0.243 e. The highest BCUT2D eigenvalue weighted by molar-refractivity contribution is 7.98. The number of guanidine groups is 1. The van der Waals surface area contributed by atoms with E-state index < -0.39 is 89.6 Å². The van der Waals surface area contributed by atoms with E-state index in [1.165, 1.54) is 18.7 Å². The molecule has 0 unspecified atom stereocenters. The van der Waals surface area contributed by atoms with Gasteiger partial charge in [-0.05, 0) is 83.4 Å². The molecule has 23 heteroatoms. The van der Waals surface area contributed by atoms with Crippen molar-refractivity contribution >= 4 is 97.6 Å². The Kier molecular flexibility index (Phi) is 22.2. The number of thioether (sulfide) groups is 1. The maximum atomic E-state index is 15.4. The monoisotopic (exact) mass is 1150 g/mol. The summed E-state index contributed by atoms with van der Waals surface area (Å²) in [4.78, 5) is 123. The van der Waals surface area contributed by atoms with E-state index in [0.29, 0.717) is 34.4 Å². The van der Waals surface area contributed by atoms with E-state index in [2.05, 4.69) is 52.2 Å². The first kappa shape index (κ1) is 61.4. The number of H-pyrrole nitrogens is 2. The molecule has 0 aliphatic carbocycles. The molecule has 0 spiro atoms. The molecule has 0 aliphatic rings. The fourth-order valence-corrected chi connectivity index (χ4v) is 10.2. The Balaban J connectivity index is 1.22. The summed E-state index contributed by atoms with van der Waals surface area (Å²) >= 11 is 1.47. The van der Waals surface area contributed by atoms with Gasteiger partial charge >= 0.3 is 0 Å². The predicted octanol–water partition coefficient (Wildman–Crippen LogP) is 1.74. The maximum absolute atomic E-state index is 15.4. The van der Waals surface area contributed by atoms with Crippen LogP contribution in [0.4, 0.5) is 0 Å². The fraction of sp³-hybridized carbons (Fsp3) is 0.317. The summed E-state index contributed by atoms with van der Waals surface area (Å²) in [6, 6.07) is 28.0. The van der Waals surface area contributed by atoms with Crippen molar-refractivity contribution in [2.75, 3.05) is 25.1 Å². The summed E-state index contributed by atoms with van der Waals surface area (Å²) < 4.78 is 0. The van der Waals surface area contributed by atoms with E-state index in [1.54, 1.807) is 42.7 Å². The number of hydrogen-bond acceptors (Lipinski definition) is 11. The van der Waals surface area contributed by atoms with Crippen molar-refractivity contribution in [3.05, 3.63) is 156 Å². The van der Waals surface area contributed by atoms with Gasteiger partial charge in [-0.3, -0.25) is 43.3 Å². The van der Waals surface area contributed by atoms with Gasteiger partial charge in [-0.2, -0.15) is 11.8 Å². The number of nitrogens with zero attached hydrogens (tertiary/aromatic N) is 1. The minimum atomic E-state index is -1.41. The van der Waals surface area contributed by atoms with Gasteiger partial charge < -0.3 is 70.1 Å². The summed E-state index contributed by atoms with van der Waals surface area (Å²) in [5, 5.41) is 22.7. The van der Waals surface area contributed by atoms with E-state index in [4.69, 9.17) is 22.9 Å². The number of nitrogens with two attached hydrogens (primary N) is 4. The van der Waals surface area contributed by atoms with Crippen molar-refractivity contribution in [1.29, 1.82) is 0 Å². The second kappa shape index (κ2) is 30.0. The molecule has 5 aromatic carbocycles. The average molecular weight is 1150 g/mol. The Morgan fingerprint density at radius 3 is 1.51 bits per heavy atom. The molecule has 0 aliphatic heterocycles. The summed E-state index contributed by atoms with van der Waals surface area (Å²) in [7, 11) is 0. The lowest BCUT2D eigenvalue weighted by molar-refractivity contribution is -0.135. The lowest BCUT2D eigenvalue weighted by Crippen LogP contribution is -2.61. The van der Waals surface area contributed by atoms with Crippen molar-refractivity contribution < 1.29 is 38.4 Å². The van der Waals surface area contributed by atoms with E-state index in [1.807, 2.05) is 97.3 Å². The van der Waals surface area contributed by atoms with Crippen molar-refractivity contribution in [3.63, 3.8) is 0 Å². The molecule has 7 atom stereocenters. The minimum absolute atomic E-state index is 0.0271. The molecule has 2 aromatic heterocycles. The second-order valence-corrected chi connectivity index (χ2v) is 21.1. The summed E-state index contributed by atoms with van der Waals surface area (Å²) in [6.45, 7) is 1.27. The molecular weight excluding hydrogens is 1080 g/mol. The van der Waals surface area contributed by atoms with Crippen LogP contribution in [0.5, 0.6) is 0 Å². The molecule has 2 heterocycles. The van der Waals surface area contributed by atoms with Gasteiger partial charge in [0.15, 0.2) is 5.96 Å². The number of fused-ring (bicyclic) bond motifs is 3. The van der Waals surface area contributed by atoms with E-state index in [9.17, 15) is 24.0 Å². The number of aromatic nitrogens is 2. The number of aromatic amines is 2. The normalized spacial score (nSPS) is 13.7. The number of hydrogen-bond donors (Lipinski definition) is 13. The predicted molar refractivity (Wildman–Crippen MR) is 322 cm³/mol. The van der Waals surface area contributed by atoms with Gasteiger partial charge in [0, 0.05) is 66.4 Å². The summed E-state index contributed by atoms with van der Waals surface area (Å²) in [5.41, 5.74) is 26.5. The van der Waals surface area contributed by atoms with Crippen molar-refractivity contribution in [1.82, 2.24) is 47.2 Å². The van der Waals surface area contributed by atoms with Crippen LogP contribution in [0.3, 0.4) is 0 Å². The molecule has 83 heavy (non-hydrogen) atoms. The topological polar surface area (TPSA) is 369 Å². The smallest absolute Gasteiger partial charge is 0.243 e. The number of rotatable bonds is 30. The molecule has 0 saturated heterocycles. The van der Waals surface area contributed by atoms with Gasteiger partial charge in [-0.1, -0.05) is 109 Å². The Morgan fingerprint density at radius 2 is 0.964 bits per heavy atom. The molecule has 436 valence electrons. The third-order valence-corrected chi connectivity index (χ3v) is 14.8. The van der Waals surface area contributed by atoms with Gasteiger partial charge in [0.05, 0.1) is 6.54 Å². The number of primary amides is 1. The van der Waals surface area contributed by atoms with Crippen molar-refractivity contribution in [2.45, 2.75) is 94.2 Å². The summed E-state index contributed by atoms with van der Waals surface area (Å²) in [5.74, 6) is -5.39. The number of nitrogens with one attached hydrogen (secondary N) is 9. The highest BCUT2D eigenvalue weighted by atomic mass is 32.2. The fourth-order valence-electron chi connectivity index (χ4n) is 9.73. The zero-order chi connectivity index (χ0) is 59.4. The van der Waals surface area contributed by atoms with Crippen LogP contribution in [-0.2, 0) is 64.0 Å². The minimum Gasteiger partial charge on any atom is -0.370 e.